The number of carbonyl (C=O) groups is 1. The average Bonchev–Trinajstić information content (AvgIpc) is 2.75. The highest BCUT2D eigenvalue weighted by molar-refractivity contribution is 7.08. The molecule has 0 spiro atoms. The number of nitrogens with zero attached hydrogens (tertiary/aromatic N) is 1. The maximum atomic E-state index is 11.8. The van der Waals surface area contributed by atoms with Gasteiger partial charge >= 0.3 is 5.97 Å². The first kappa shape index (κ1) is 12.5. The van der Waals surface area contributed by atoms with Gasteiger partial charge in [0.15, 0.2) is 0 Å². The molecule has 5 nitrogen and oxygen atoms in total. The number of aromatic amines is 1. The van der Waals surface area contributed by atoms with Crippen molar-refractivity contribution in [1.82, 2.24) is 9.97 Å². The number of aryl methyl sites for hydroxylation is 1. The molecular weight excluding hydrogens is 252 g/mol. The van der Waals surface area contributed by atoms with Crippen molar-refractivity contribution in [2.45, 2.75) is 13.8 Å². The van der Waals surface area contributed by atoms with Crippen molar-refractivity contribution in [3.8, 4) is 11.4 Å². The van der Waals surface area contributed by atoms with E-state index in [4.69, 9.17) is 4.74 Å². The predicted octanol–water partition coefficient (Wildman–Crippen LogP) is 1.98. The Kier molecular flexibility index (Phi) is 3.57. The predicted molar refractivity (Wildman–Crippen MR) is 68.9 cm³/mol. The van der Waals surface area contributed by atoms with E-state index in [2.05, 4.69) is 9.97 Å². The van der Waals surface area contributed by atoms with Gasteiger partial charge in [-0.05, 0) is 24.8 Å². The summed E-state index contributed by atoms with van der Waals surface area (Å²) in [4.78, 5) is 29.9. The number of nitrogens with one attached hydrogen (secondary N) is 1. The molecule has 6 heteroatoms. The second kappa shape index (κ2) is 5.14. The number of ether oxygens (including phenoxy) is 1. The summed E-state index contributed by atoms with van der Waals surface area (Å²) in [6.07, 6.45) is 1.25. The minimum atomic E-state index is -0.653. The third-order valence-corrected chi connectivity index (χ3v) is 3.27. The maximum absolute atomic E-state index is 11.8. The van der Waals surface area contributed by atoms with Crippen molar-refractivity contribution in [2.24, 2.45) is 0 Å². The van der Waals surface area contributed by atoms with Crippen molar-refractivity contribution in [3.05, 3.63) is 38.4 Å². The molecule has 2 aromatic rings. The van der Waals surface area contributed by atoms with Crippen LogP contribution < -0.4 is 5.56 Å². The fourth-order valence-corrected chi connectivity index (χ4v) is 2.32. The highest BCUT2D eigenvalue weighted by Crippen LogP contribution is 2.22. The van der Waals surface area contributed by atoms with E-state index in [1.807, 2.05) is 17.7 Å². The number of thiophene rings is 1. The monoisotopic (exact) mass is 264 g/mol. The molecule has 2 heterocycles. The van der Waals surface area contributed by atoms with Crippen LogP contribution in [0.3, 0.4) is 0 Å². The fourth-order valence-electron chi connectivity index (χ4n) is 1.49. The van der Waals surface area contributed by atoms with E-state index in [0.29, 0.717) is 5.82 Å². The summed E-state index contributed by atoms with van der Waals surface area (Å²) in [7, 11) is 0. The van der Waals surface area contributed by atoms with Crippen molar-refractivity contribution in [3.63, 3.8) is 0 Å². The topological polar surface area (TPSA) is 72.0 Å². The van der Waals surface area contributed by atoms with Crippen LogP contribution in [0.5, 0.6) is 0 Å². The van der Waals surface area contributed by atoms with E-state index >= 15 is 0 Å². The molecule has 0 amide bonds. The molecule has 94 valence electrons. The molecule has 2 aromatic heterocycles. The normalized spacial score (nSPS) is 10.3. The summed E-state index contributed by atoms with van der Waals surface area (Å²) in [5.74, 6) is -0.188. The van der Waals surface area contributed by atoms with Crippen LogP contribution in [-0.4, -0.2) is 22.5 Å². The number of aromatic nitrogens is 2. The van der Waals surface area contributed by atoms with Gasteiger partial charge in [-0.25, -0.2) is 9.78 Å². The van der Waals surface area contributed by atoms with E-state index in [1.165, 1.54) is 17.5 Å². The SMILES string of the molecule is CCOC(=O)c1cnc(-c2cscc2C)[nH]c1=O. The molecule has 0 fully saturated rings. The first-order valence-electron chi connectivity index (χ1n) is 5.43. The average molecular weight is 264 g/mol. The zero-order chi connectivity index (χ0) is 13.1. The van der Waals surface area contributed by atoms with Crippen LogP contribution in [0.1, 0.15) is 22.8 Å². The Morgan fingerprint density at radius 1 is 1.50 bits per heavy atom. The number of H-pyrrole nitrogens is 1. The van der Waals surface area contributed by atoms with Crippen LogP contribution in [0.15, 0.2) is 21.8 Å². The van der Waals surface area contributed by atoms with Gasteiger partial charge in [0.1, 0.15) is 11.4 Å². The van der Waals surface area contributed by atoms with Crippen LogP contribution >= 0.6 is 11.3 Å². The van der Waals surface area contributed by atoms with E-state index in [-0.39, 0.29) is 12.2 Å². The Balaban J connectivity index is 2.40. The van der Waals surface area contributed by atoms with E-state index in [9.17, 15) is 9.59 Å². The molecule has 18 heavy (non-hydrogen) atoms. The molecule has 2 rings (SSSR count). The minimum Gasteiger partial charge on any atom is -0.462 e. The fraction of sp³-hybridized carbons (Fsp3) is 0.250. The molecule has 1 N–H and O–H groups in total. The van der Waals surface area contributed by atoms with Crippen molar-refractivity contribution >= 4 is 17.3 Å². The number of carbonyl (C=O) groups excluding carboxylic acids is 1. The van der Waals surface area contributed by atoms with E-state index in [1.54, 1.807) is 6.92 Å². The summed E-state index contributed by atoms with van der Waals surface area (Å²) in [5, 5.41) is 3.87. The minimum absolute atomic E-state index is 0.0755. The molecule has 0 bridgehead atoms. The molecular formula is C12H12N2O3S. The van der Waals surface area contributed by atoms with Gasteiger partial charge < -0.3 is 9.72 Å². The van der Waals surface area contributed by atoms with Crippen molar-refractivity contribution in [1.29, 1.82) is 0 Å². The maximum Gasteiger partial charge on any atom is 0.345 e. The van der Waals surface area contributed by atoms with Gasteiger partial charge in [-0.3, -0.25) is 4.79 Å². The lowest BCUT2D eigenvalue weighted by Gasteiger charge is -2.02. The summed E-state index contributed by atoms with van der Waals surface area (Å²) in [6.45, 7) is 3.84. The van der Waals surface area contributed by atoms with Gasteiger partial charge in [0.05, 0.1) is 6.61 Å². The second-order valence-electron chi connectivity index (χ2n) is 3.66. The van der Waals surface area contributed by atoms with Gasteiger partial charge in [-0.1, -0.05) is 0 Å². The molecule has 0 saturated carbocycles. The molecule has 0 saturated heterocycles. The quantitative estimate of drug-likeness (QED) is 0.860. The molecule has 0 unspecified atom stereocenters. The largest absolute Gasteiger partial charge is 0.462 e. The Hall–Kier alpha value is -1.95. The van der Waals surface area contributed by atoms with Gasteiger partial charge in [-0.2, -0.15) is 11.3 Å². The molecule has 0 aromatic carbocycles. The Morgan fingerprint density at radius 2 is 2.28 bits per heavy atom. The zero-order valence-corrected chi connectivity index (χ0v) is 10.8. The first-order valence-corrected chi connectivity index (χ1v) is 6.37. The van der Waals surface area contributed by atoms with Crippen LogP contribution in [0.25, 0.3) is 11.4 Å². The van der Waals surface area contributed by atoms with Gasteiger partial charge in [0, 0.05) is 17.1 Å². The van der Waals surface area contributed by atoms with Crippen LogP contribution in [0.4, 0.5) is 0 Å². The van der Waals surface area contributed by atoms with Crippen LogP contribution in [0.2, 0.25) is 0 Å². The summed E-state index contributed by atoms with van der Waals surface area (Å²) < 4.78 is 4.77. The van der Waals surface area contributed by atoms with Gasteiger partial charge in [0.25, 0.3) is 5.56 Å². The summed E-state index contributed by atoms with van der Waals surface area (Å²) >= 11 is 1.53. The van der Waals surface area contributed by atoms with E-state index in [0.717, 1.165) is 11.1 Å². The molecule has 0 radical (unpaired) electrons. The molecule has 0 aliphatic carbocycles. The standard InChI is InChI=1S/C12H12N2O3S/c1-3-17-12(16)8-4-13-10(14-11(8)15)9-6-18-5-7(9)2/h4-6H,3H2,1-2H3,(H,13,14,15). The molecule has 0 aliphatic heterocycles. The third kappa shape index (κ3) is 2.33. The van der Waals surface area contributed by atoms with Crippen LogP contribution in [-0.2, 0) is 4.74 Å². The van der Waals surface area contributed by atoms with Crippen molar-refractivity contribution < 1.29 is 9.53 Å². The third-order valence-electron chi connectivity index (χ3n) is 2.41. The number of esters is 1. The lowest BCUT2D eigenvalue weighted by Crippen LogP contribution is -2.21. The van der Waals surface area contributed by atoms with E-state index < -0.39 is 11.5 Å². The summed E-state index contributed by atoms with van der Waals surface area (Å²) in [5.41, 5.74) is 1.34. The number of hydrogen-bond donors (Lipinski definition) is 1. The smallest absolute Gasteiger partial charge is 0.345 e. The Labute approximate surface area is 107 Å². The second-order valence-corrected chi connectivity index (χ2v) is 4.41. The summed E-state index contributed by atoms with van der Waals surface area (Å²) in [6, 6.07) is 0. The molecule has 0 aliphatic rings. The number of rotatable bonds is 3. The van der Waals surface area contributed by atoms with Crippen molar-refractivity contribution in [2.75, 3.05) is 6.61 Å². The first-order chi connectivity index (χ1) is 8.63. The zero-order valence-electron chi connectivity index (χ0n) is 10.0. The van der Waals surface area contributed by atoms with Gasteiger partial charge in [0.2, 0.25) is 0 Å². The highest BCUT2D eigenvalue weighted by Gasteiger charge is 2.14. The number of hydrogen-bond acceptors (Lipinski definition) is 5. The Morgan fingerprint density at radius 3 is 2.83 bits per heavy atom. The Bertz CT molecular complexity index is 630. The van der Waals surface area contributed by atoms with Crippen LogP contribution in [0, 0.1) is 6.92 Å². The lowest BCUT2D eigenvalue weighted by molar-refractivity contribution is 0.0524. The highest BCUT2D eigenvalue weighted by atomic mass is 32.1. The molecule has 0 atom stereocenters. The lowest BCUT2D eigenvalue weighted by atomic mass is 10.2. The van der Waals surface area contributed by atoms with Gasteiger partial charge in [-0.15, -0.1) is 0 Å².